The van der Waals surface area contributed by atoms with Crippen molar-refractivity contribution in [3.63, 3.8) is 0 Å². The van der Waals surface area contributed by atoms with Crippen LogP contribution in [0.2, 0.25) is 0 Å². The highest BCUT2D eigenvalue weighted by Gasteiger charge is 2.19. The number of hydrogen-bond donors (Lipinski definition) is 2. The number of nitrogens with zero attached hydrogens (tertiary/aromatic N) is 3. The first-order valence-electron chi connectivity index (χ1n) is 12.2. The van der Waals surface area contributed by atoms with E-state index in [1.54, 1.807) is 48.1 Å². The average Bonchev–Trinajstić information content (AvgIpc) is 3.38. The van der Waals surface area contributed by atoms with Gasteiger partial charge in [-0.05, 0) is 55.5 Å². The van der Waals surface area contributed by atoms with Crippen molar-refractivity contribution >= 4 is 29.3 Å². The summed E-state index contributed by atoms with van der Waals surface area (Å²) in [6.07, 6.45) is 0. The zero-order valence-electron chi connectivity index (χ0n) is 21.6. The second kappa shape index (κ2) is 13.9. The van der Waals surface area contributed by atoms with Gasteiger partial charge in [-0.1, -0.05) is 42.1 Å². The first-order valence-corrected chi connectivity index (χ1v) is 13.2. The highest BCUT2D eigenvalue weighted by Crippen LogP contribution is 2.29. The van der Waals surface area contributed by atoms with Crippen molar-refractivity contribution in [1.29, 1.82) is 0 Å². The minimum Gasteiger partial charge on any atom is -0.495 e. The Labute approximate surface area is 230 Å². The molecule has 3 aromatic carbocycles. The number of carbonyl (C=O) groups excluding carboxylic acids is 2. The molecular weight excluding hydrogens is 518 g/mol. The van der Waals surface area contributed by atoms with Gasteiger partial charge in [0.25, 0.3) is 5.91 Å². The number of methoxy groups -OCH3 is 1. The van der Waals surface area contributed by atoms with Gasteiger partial charge in [0.1, 0.15) is 17.2 Å². The molecule has 0 saturated heterocycles. The maximum absolute atomic E-state index is 12.7. The summed E-state index contributed by atoms with van der Waals surface area (Å²) in [5.41, 5.74) is 1.35. The fraction of sp³-hybridized carbons (Fsp3) is 0.214. The molecule has 4 rings (SSSR count). The van der Waals surface area contributed by atoms with Gasteiger partial charge in [-0.15, -0.1) is 10.2 Å². The van der Waals surface area contributed by atoms with Gasteiger partial charge in [-0.25, -0.2) is 0 Å². The summed E-state index contributed by atoms with van der Waals surface area (Å²) >= 11 is 1.22. The Morgan fingerprint density at radius 3 is 2.33 bits per heavy atom. The number of hydrogen-bond acceptors (Lipinski definition) is 8. The van der Waals surface area contributed by atoms with E-state index in [0.717, 1.165) is 5.75 Å². The third kappa shape index (κ3) is 7.74. The molecule has 0 spiro atoms. The van der Waals surface area contributed by atoms with E-state index in [4.69, 9.17) is 14.2 Å². The predicted octanol–water partition coefficient (Wildman–Crippen LogP) is 4.10. The number of rotatable bonds is 13. The Hall–Kier alpha value is -4.51. The first-order chi connectivity index (χ1) is 19.1. The molecule has 4 aromatic rings. The van der Waals surface area contributed by atoms with E-state index in [0.29, 0.717) is 40.5 Å². The monoisotopic (exact) mass is 547 g/mol. The molecule has 2 amide bonds. The fourth-order valence-corrected chi connectivity index (χ4v) is 4.35. The van der Waals surface area contributed by atoms with Crippen molar-refractivity contribution in [3.8, 4) is 22.9 Å². The van der Waals surface area contributed by atoms with Crippen LogP contribution in [-0.2, 0) is 16.1 Å². The molecule has 11 heteroatoms. The van der Waals surface area contributed by atoms with Crippen LogP contribution in [0.5, 0.6) is 17.2 Å². The Kier molecular flexibility index (Phi) is 9.79. The number of thioether (sulfide) groups is 1. The SMILES string of the molecule is CCOc1ccc(NC(=O)CSc2nnc(CNC(=O)COc3ccccc3)n2-c2ccccc2OC)cc1. The quantitative estimate of drug-likeness (QED) is 0.240. The minimum atomic E-state index is -0.308. The number of amides is 2. The number of ether oxygens (including phenoxy) is 3. The molecule has 0 fully saturated rings. The molecule has 0 aliphatic carbocycles. The van der Waals surface area contributed by atoms with Crippen LogP contribution in [0.15, 0.2) is 84.0 Å². The lowest BCUT2D eigenvalue weighted by Crippen LogP contribution is -2.29. The van der Waals surface area contributed by atoms with Crippen molar-refractivity contribution in [2.45, 2.75) is 18.6 Å². The van der Waals surface area contributed by atoms with Gasteiger partial charge in [0.05, 0.1) is 31.7 Å². The van der Waals surface area contributed by atoms with Gasteiger partial charge < -0.3 is 24.8 Å². The van der Waals surface area contributed by atoms with Crippen LogP contribution < -0.4 is 24.8 Å². The lowest BCUT2D eigenvalue weighted by atomic mass is 10.3. The van der Waals surface area contributed by atoms with E-state index in [2.05, 4.69) is 20.8 Å². The van der Waals surface area contributed by atoms with Crippen molar-refractivity contribution in [2.75, 3.05) is 31.4 Å². The van der Waals surface area contributed by atoms with Crippen LogP contribution in [0.3, 0.4) is 0 Å². The van der Waals surface area contributed by atoms with Crippen LogP contribution in [0.25, 0.3) is 5.69 Å². The number of nitrogens with one attached hydrogen (secondary N) is 2. The van der Waals surface area contributed by atoms with E-state index in [1.807, 2.05) is 49.4 Å². The van der Waals surface area contributed by atoms with E-state index < -0.39 is 0 Å². The van der Waals surface area contributed by atoms with Crippen molar-refractivity contribution in [1.82, 2.24) is 20.1 Å². The molecule has 0 saturated carbocycles. The molecule has 39 heavy (non-hydrogen) atoms. The van der Waals surface area contributed by atoms with E-state index >= 15 is 0 Å². The van der Waals surface area contributed by atoms with E-state index in [1.165, 1.54) is 11.8 Å². The average molecular weight is 548 g/mol. The summed E-state index contributed by atoms with van der Waals surface area (Å²) in [6, 6.07) is 23.7. The van der Waals surface area contributed by atoms with Crippen LogP contribution >= 0.6 is 11.8 Å². The van der Waals surface area contributed by atoms with Gasteiger partial charge in [0.2, 0.25) is 5.91 Å². The van der Waals surface area contributed by atoms with Crippen molar-refractivity contribution in [2.24, 2.45) is 0 Å². The van der Waals surface area contributed by atoms with Crippen LogP contribution in [0.4, 0.5) is 5.69 Å². The summed E-state index contributed by atoms with van der Waals surface area (Å²) in [4.78, 5) is 25.1. The van der Waals surface area contributed by atoms with Gasteiger partial charge >= 0.3 is 0 Å². The standard InChI is InChI=1S/C28H29N5O5S/c1-3-37-22-15-13-20(14-16-22)30-27(35)19-39-28-32-31-25(33(28)23-11-7-8-12-24(23)36-2)17-29-26(34)18-38-21-9-5-4-6-10-21/h4-16H,3,17-19H2,1-2H3,(H,29,34)(H,30,35). The Balaban J connectivity index is 1.43. The zero-order valence-corrected chi connectivity index (χ0v) is 22.4. The lowest BCUT2D eigenvalue weighted by Gasteiger charge is -2.14. The predicted molar refractivity (Wildman–Crippen MR) is 149 cm³/mol. The number of carbonyl (C=O) groups is 2. The topological polar surface area (TPSA) is 117 Å². The molecule has 0 atom stereocenters. The minimum absolute atomic E-state index is 0.0950. The normalized spacial score (nSPS) is 10.5. The van der Waals surface area contributed by atoms with Gasteiger partial charge in [0, 0.05) is 5.69 Å². The molecule has 0 aliphatic heterocycles. The summed E-state index contributed by atoms with van der Waals surface area (Å²) in [6.45, 7) is 2.44. The van der Waals surface area contributed by atoms with Crippen molar-refractivity contribution < 1.29 is 23.8 Å². The largest absolute Gasteiger partial charge is 0.495 e. The number of para-hydroxylation sites is 3. The Bertz CT molecular complexity index is 1380. The first kappa shape index (κ1) is 27.5. The number of aromatic nitrogens is 3. The van der Waals surface area contributed by atoms with Crippen LogP contribution in [0.1, 0.15) is 12.7 Å². The summed E-state index contributed by atoms with van der Waals surface area (Å²) < 4.78 is 18.3. The smallest absolute Gasteiger partial charge is 0.258 e. The highest BCUT2D eigenvalue weighted by atomic mass is 32.2. The molecule has 0 aliphatic rings. The molecular formula is C28H29N5O5S. The molecule has 1 heterocycles. The molecule has 0 radical (unpaired) electrons. The fourth-order valence-electron chi connectivity index (χ4n) is 3.59. The van der Waals surface area contributed by atoms with Crippen LogP contribution in [0, 0.1) is 0 Å². The molecule has 0 unspecified atom stereocenters. The summed E-state index contributed by atoms with van der Waals surface area (Å²) in [5, 5.41) is 14.7. The van der Waals surface area contributed by atoms with Gasteiger partial charge in [-0.3, -0.25) is 14.2 Å². The maximum atomic E-state index is 12.7. The molecule has 10 nitrogen and oxygen atoms in total. The molecule has 1 aromatic heterocycles. The molecule has 2 N–H and O–H groups in total. The number of anilines is 1. The Morgan fingerprint density at radius 1 is 0.872 bits per heavy atom. The third-order valence-corrected chi connectivity index (χ3v) is 6.29. The second-order valence-corrected chi connectivity index (χ2v) is 9.02. The maximum Gasteiger partial charge on any atom is 0.258 e. The van der Waals surface area contributed by atoms with E-state index in [9.17, 15) is 9.59 Å². The summed E-state index contributed by atoms with van der Waals surface area (Å²) in [7, 11) is 1.57. The third-order valence-electron chi connectivity index (χ3n) is 5.36. The zero-order chi connectivity index (χ0) is 27.5. The second-order valence-electron chi connectivity index (χ2n) is 8.08. The molecule has 0 bridgehead atoms. The number of benzene rings is 3. The Morgan fingerprint density at radius 2 is 1.59 bits per heavy atom. The highest BCUT2D eigenvalue weighted by molar-refractivity contribution is 7.99. The van der Waals surface area contributed by atoms with Gasteiger partial charge in [0.15, 0.2) is 17.6 Å². The van der Waals surface area contributed by atoms with Crippen LogP contribution in [-0.4, -0.2) is 52.7 Å². The van der Waals surface area contributed by atoms with Gasteiger partial charge in [-0.2, -0.15) is 0 Å². The van der Waals surface area contributed by atoms with Crippen molar-refractivity contribution in [3.05, 3.63) is 84.7 Å². The molecule has 202 valence electrons. The lowest BCUT2D eigenvalue weighted by molar-refractivity contribution is -0.123. The van der Waals surface area contributed by atoms with E-state index in [-0.39, 0.29) is 30.7 Å². The summed E-state index contributed by atoms with van der Waals surface area (Å²) in [5.74, 6) is 2.00.